The first kappa shape index (κ1) is 19.2. The van der Waals surface area contributed by atoms with Crippen LogP contribution in [0.5, 0.6) is 0 Å². The Morgan fingerprint density at radius 2 is 1.78 bits per heavy atom. The molecule has 1 aromatic carbocycles. The van der Waals surface area contributed by atoms with Crippen LogP contribution in [0.1, 0.15) is 25.3 Å². The van der Waals surface area contributed by atoms with Gasteiger partial charge in [0.15, 0.2) is 6.61 Å². The van der Waals surface area contributed by atoms with Gasteiger partial charge in [-0.25, -0.2) is 0 Å². The molecular weight excluding hydrogens is 366 g/mol. The highest BCUT2D eigenvalue weighted by Gasteiger charge is 2.09. The number of benzene rings is 1. The van der Waals surface area contributed by atoms with Gasteiger partial charge < -0.3 is 14.8 Å². The van der Waals surface area contributed by atoms with Crippen LogP contribution in [0.15, 0.2) is 28.7 Å². The Labute approximate surface area is 143 Å². The fourth-order valence-corrected chi connectivity index (χ4v) is 1.98. The van der Waals surface area contributed by atoms with Crippen molar-refractivity contribution in [2.24, 2.45) is 0 Å². The molecule has 0 aliphatic heterocycles. The van der Waals surface area contributed by atoms with E-state index in [0.29, 0.717) is 19.6 Å². The number of carbonyl (C=O) groups is 3. The van der Waals surface area contributed by atoms with E-state index in [9.17, 15) is 14.4 Å². The number of amides is 1. The zero-order chi connectivity index (χ0) is 17.1. The summed E-state index contributed by atoms with van der Waals surface area (Å²) < 4.78 is 10.6. The van der Waals surface area contributed by atoms with Gasteiger partial charge in [-0.15, -0.1) is 0 Å². The average Bonchev–Trinajstić information content (AvgIpc) is 2.52. The molecule has 0 saturated carbocycles. The number of ether oxygens (including phenoxy) is 2. The summed E-state index contributed by atoms with van der Waals surface area (Å²) in [6.07, 6.45) is 0.846. The minimum absolute atomic E-state index is 0.115. The van der Waals surface area contributed by atoms with Crippen LogP contribution in [0.3, 0.4) is 0 Å². The summed E-state index contributed by atoms with van der Waals surface area (Å²) in [5.41, 5.74) is 0.813. The van der Waals surface area contributed by atoms with Crippen molar-refractivity contribution >= 4 is 33.8 Å². The molecule has 23 heavy (non-hydrogen) atoms. The molecule has 0 aromatic heterocycles. The van der Waals surface area contributed by atoms with Crippen molar-refractivity contribution in [3.8, 4) is 0 Å². The molecular formula is C16H20BrNO5. The second kappa shape index (κ2) is 10.8. The lowest BCUT2D eigenvalue weighted by atomic mass is 10.2. The first-order valence-electron chi connectivity index (χ1n) is 7.33. The van der Waals surface area contributed by atoms with Crippen molar-refractivity contribution in [1.82, 2.24) is 5.32 Å². The fourth-order valence-electron chi connectivity index (χ4n) is 1.71. The summed E-state index contributed by atoms with van der Waals surface area (Å²) in [7, 11) is 0. The van der Waals surface area contributed by atoms with E-state index in [1.807, 2.05) is 12.1 Å². The molecule has 0 bridgehead atoms. The summed E-state index contributed by atoms with van der Waals surface area (Å²) in [5.74, 6) is -1.14. The molecule has 0 atom stereocenters. The largest absolute Gasteiger partial charge is 0.466 e. The molecule has 1 aromatic rings. The second-order valence-electron chi connectivity index (χ2n) is 4.72. The van der Waals surface area contributed by atoms with Crippen LogP contribution in [0.4, 0.5) is 0 Å². The van der Waals surface area contributed by atoms with Crippen LogP contribution >= 0.6 is 15.9 Å². The Kier molecular flexibility index (Phi) is 8.97. The van der Waals surface area contributed by atoms with Gasteiger partial charge in [-0.2, -0.15) is 0 Å². The molecule has 0 heterocycles. The first-order valence-corrected chi connectivity index (χ1v) is 8.13. The van der Waals surface area contributed by atoms with Crippen LogP contribution in [-0.2, 0) is 30.3 Å². The molecule has 0 unspecified atom stereocenters. The van der Waals surface area contributed by atoms with Gasteiger partial charge in [0, 0.05) is 17.4 Å². The smallest absolute Gasteiger partial charge is 0.310 e. The lowest BCUT2D eigenvalue weighted by molar-refractivity contribution is -0.147. The molecule has 7 heteroatoms. The number of rotatable bonds is 9. The van der Waals surface area contributed by atoms with Crippen LogP contribution < -0.4 is 5.32 Å². The molecule has 0 saturated heterocycles. The topological polar surface area (TPSA) is 81.7 Å². The van der Waals surface area contributed by atoms with Crippen molar-refractivity contribution in [2.45, 2.75) is 26.2 Å². The zero-order valence-corrected chi connectivity index (χ0v) is 14.6. The highest BCUT2D eigenvalue weighted by molar-refractivity contribution is 9.10. The molecule has 0 aliphatic rings. The van der Waals surface area contributed by atoms with E-state index in [1.54, 1.807) is 19.1 Å². The Balaban J connectivity index is 2.14. The Hall–Kier alpha value is -1.89. The first-order chi connectivity index (χ1) is 11.0. The molecule has 0 spiro atoms. The summed E-state index contributed by atoms with van der Waals surface area (Å²) in [4.78, 5) is 34.2. The van der Waals surface area contributed by atoms with Crippen molar-refractivity contribution in [3.05, 3.63) is 34.3 Å². The van der Waals surface area contributed by atoms with Gasteiger partial charge in [-0.1, -0.05) is 28.1 Å². The monoisotopic (exact) mass is 385 g/mol. The maximum absolute atomic E-state index is 11.6. The van der Waals surface area contributed by atoms with E-state index in [-0.39, 0.29) is 25.4 Å². The number of esters is 2. The molecule has 0 fully saturated rings. The van der Waals surface area contributed by atoms with Gasteiger partial charge in [-0.3, -0.25) is 14.4 Å². The zero-order valence-electron chi connectivity index (χ0n) is 13.0. The summed E-state index contributed by atoms with van der Waals surface area (Å²) in [6, 6.07) is 7.28. The van der Waals surface area contributed by atoms with Crippen molar-refractivity contribution in [1.29, 1.82) is 0 Å². The molecule has 6 nitrogen and oxygen atoms in total. The molecule has 0 aliphatic carbocycles. The standard InChI is InChI=1S/C16H20BrNO5/c1-2-22-15(20)4-3-9-18-14(19)11-23-16(21)10-12-5-7-13(17)8-6-12/h5-8H,2-4,9-11H2,1H3,(H,18,19). The second-order valence-corrected chi connectivity index (χ2v) is 5.64. The van der Waals surface area contributed by atoms with Crippen LogP contribution in [0, 0.1) is 0 Å². The lowest BCUT2D eigenvalue weighted by Crippen LogP contribution is -2.30. The third-order valence-electron chi connectivity index (χ3n) is 2.81. The van der Waals surface area contributed by atoms with Crippen molar-refractivity contribution < 1.29 is 23.9 Å². The van der Waals surface area contributed by atoms with Gasteiger partial charge in [0.2, 0.25) is 0 Å². The fraction of sp³-hybridized carbons (Fsp3) is 0.438. The van der Waals surface area contributed by atoms with Crippen LogP contribution in [-0.4, -0.2) is 37.6 Å². The SMILES string of the molecule is CCOC(=O)CCCNC(=O)COC(=O)Cc1ccc(Br)cc1. The minimum Gasteiger partial charge on any atom is -0.466 e. The maximum atomic E-state index is 11.6. The van der Waals surface area contributed by atoms with Gasteiger partial charge in [-0.05, 0) is 31.0 Å². The number of nitrogens with one attached hydrogen (secondary N) is 1. The van der Waals surface area contributed by atoms with Crippen molar-refractivity contribution in [2.75, 3.05) is 19.8 Å². The summed E-state index contributed by atoms with van der Waals surface area (Å²) in [5, 5.41) is 2.58. The summed E-state index contributed by atoms with van der Waals surface area (Å²) >= 11 is 3.31. The lowest BCUT2D eigenvalue weighted by Gasteiger charge is -2.07. The average molecular weight is 386 g/mol. The van der Waals surface area contributed by atoms with Crippen molar-refractivity contribution in [3.63, 3.8) is 0 Å². The maximum Gasteiger partial charge on any atom is 0.310 e. The Bertz CT molecular complexity index is 530. The van der Waals surface area contributed by atoms with Gasteiger partial charge in [0.05, 0.1) is 13.0 Å². The quantitative estimate of drug-likeness (QED) is 0.519. The molecule has 126 valence electrons. The van der Waals surface area contributed by atoms with E-state index in [0.717, 1.165) is 10.0 Å². The van der Waals surface area contributed by atoms with E-state index >= 15 is 0 Å². The normalized spacial score (nSPS) is 10.0. The van der Waals surface area contributed by atoms with E-state index in [2.05, 4.69) is 21.2 Å². The molecule has 0 radical (unpaired) electrons. The minimum atomic E-state index is -0.464. The van der Waals surface area contributed by atoms with E-state index < -0.39 is 11.9 Å². The highest BCUT2D eigenvalue weighted by Crippen LogP contribution is 2.11. The number of halogens is 1. The summed E-state index contributed by atoms with van der Waals surface area (Å²) in [6.45, 7) is 2.10. The third kappa shape index (κ3) is 8.97. The predicted octanol–water partition coefficient (Wildman–Crippen LogP) is 1.99. The van der Waals surface area contributed by atoms with E-state index in [4.69, 9.17) is 9.47 Å². The Morgan fingerprint density at radius 3 is 2.43 bits per heavy atom. The number of hydrogen-bond donors (Lipinski definition) is 1. The molecule has 1 N–H and O–H groups in total. The highest BCUT2D eigenvalue weighted by atomic mass is 79.9. The number of carbonyl (C=O) groups excluding carboxylic acids is 3. The van der Waals surface area contributed by atoms with Crippen LogP contribution in [0.25, 0.3) is 0 Å². The molecule has 1 rings (SSSR count). The van der Waals surface area contributed by atoms with Gasteiger partial charge >= 0.3 is 11.9 Å². The predicted molar refractivity (Wildman–Crippen MR) is 87.7 cm³/mol. The van der Waals surface area contributed by atoms with E-state index in [1.165, 1.54) is 0 Å². The third-order valence-corrected chi connectivity index (χ3v) is 3.34. The van der Waals surface area contributed by atoms with Gasteiger partial charge in [0.25, 0.3) is 5.91 Å². The number of hydrogen-bond acceptors (Lipinski definition) is 5. The Morgan fingerprint density at radius 1 is 1.09 bits per heavy atom. The molecule has 1 amide bonds. The van der Waals surface area contributed by atoms with Crippen LogP contribution in [0.2, 0.25) is 0 Å². The van der Waals surface area contributed by atoms with Gasteiger partial charge in [0.1, 0.15) is 0 Å².